The van der Waals surface area contributed by atoms with Crippen LogP contribution in [0, 0.1) is 0 Å². The van der Waals surface area contributed by atoms with E-state index >= 15 is 0 Å². The quantitative estimate of drug-likeness (QED) is 0.737. The van der Waals surface area contributed by atoms with Crippen molar-refractivity contribution in [1.82, 2.24) is 0 Å². The first-order valence-electron chi connectivity index (χ1n) is 5.87. The minimum Gasteiger partial charge on any atom is -0.478 e. The lowest BCUT2D eigenvalue weighted by atomic mass is 10.0. The lowest BCUT2D eigenvalue weighted by Gasteiger charge is -2.24. The van der Waals surface area contributed by atoms with E-state index in [1.807, 2.05) is 19.1 Å². The number of nitrogens with zero attached hydrogens (tertiary/aromatic N) is 1. The molecule has 0 aliphatic carbocycles. The summed E-state index contributed by atoms with van der Waals surface area (Å²) in [6.45, 7) is 3.78. The highest BCUT2D eigenvalue weighted by Gasteiger charge is 2.12. The van der Waals surface area contributed by atoms with E-state index in [1.165, 1.54) is 0 Å². The van der Waals surface area contributed by atoms with Crippen LogP contribution in [0.4, 0.5) is 5.69 Å². The van der Waals surface area contributed by atoms with Crippen LogP contribution >= 0.6 is 31.9 Å². The Kier molecular flexibility index (Phi) is 6.71. The van der Waals surface area contributed by atoms with Gasteiger partial charge in [0.15, 0.2) is 0 Å². The van der Waals surface area contributed by atoms with Gasteiger partial charge in [0.25, 0.3) is 0 Å². The van der Waals surface area contributed by atoms with Crippen LogP contribution < -0.4 is 4.90 Å². The lowest BCUT2D eigenvalue weighted by molar-refractivity contribution is 0.0696. The van der Waals surface area contributed by atoms with E-state index in [9.17, 15) is 4.79 Å². The largest absolute Gasteiger partial charge is 0.478 e. The van der Waals surface area contributed by atoms with Gasteiger partial charge in [-0.25, -0.2) is 4.79 Å². The lowest BCUT2D eigenvalue weighted by Crippen LogP contribution is -2.27. The van der Waals surface area contributed by atoms with Crippen LogP contribution in [0.15, 0.2) is 18.2 Å². The van der Waals surface area contributed by atoms with Gasteiger partial charge in [-0.3, -0.25) is 0 Å². The summed E-state index contributed by atoms with van der Waals surface area (Å²) in [6, 6.07) is 5.56. The zero-order valence-corrected chi connectivity index (χ0v) is 13.5. The van der Waals surface area contributed by atoms with Crippen molar-refractivity contribution < 1.29 is 9.90 Å². The molecule has 0 aliphatic heterocycles. The summed E-state index contributed by atoms with van der Waals surface area (Å²) in [7, 11) is 0. The molecule has 18 heavy (non-hydrogen) atoms. The molecule has 3 nitrogen and oxygen atoms in total. The van der Waals surface area contributed by atoms with Crippen LogP contribution in [0.5, 0.6) is 0 Å². The molecule has 0 unspecified atom stereocenters. The number of hydrogen-bond acceptors (Lipinski definition) is 2. The Hall–Kier alpha value is -0.550. The maximum atomic E-state index is 11.1. The van der Waals surface area contributed by atoms with Crippen LogP contribution in [0.1, 0.15) is 22.8 Å². The molecule has 0 saturated heterocycles. The van der Waals surface area contributed by atoms with Gasteiger partial charge in [0, 0.05) is 29.4 Å². The molecule has 0 saturated carbocycles. The number of carboxylic acids is 1. The van der Waals surface area contributed by atoms with Gasteiger partial charge in [-0.05, 0) is 30.2 Å². The van der Waals surface area contributed by atoms with E-state index < -0.39 is 5.97 Å². The zero-order chi connectivity index (χ0) is 13.5. The molecule has 0 bridgehead atoms. The van der Waals surface area contributed by atoms with Crippen LogP contribution in [0.25, 0.3) is 0 Å². The molecule has 0 fully saturated rings. The molecular weight excluding hydrogens is 362 g/mol. The second-order valence-electron chi connectivity index (χ2n) is 3.87. The van der Waals surface area contributed by atoms with E-state index in [2.05, 4.69) is 36.8 Å². The Morgan fingerprint density at radius 3 is 2.33 bits per heavy atom. The van der Waals surface area contributed by atoms with Crippen LogP contribution in [-0.2, 0) is 6.42 Å². The molecule has 100 valence electrons. The number of carbonyl (C=O) groups is 1. The second kappa shape index (κ2) is 7.79. The Balaban J connectivity index is 3.05. The van der Waals surface area contributed by atoms with Crippen molar-refractivity contribution in [3.63, 3.8) is 0 Å². The maximum absolute atomic E-state index is 11.1. The van der Waals surface area contributed by atoms with Gasteiger partial charge in [-0.1, -0.05) is 38.8 Å². The Morgan fingerprint density at radius 1 is 1.28 bits per heavy atom. The summed E-state index contributed by atoms with van der Waals surface area (Å²) < 4.78 is 0. The first-order chi connectivity index (χ1) is 8.63. The first kappa shape index (κ1) is 15.5. The fourth-order valence-corrected chi connectivity index (χ4v) is 2.71. The highest BCUT2D eigenvalue weighted by molar-refractivity contribution is 9.09. The van der Waals surface area contributed by atoms with Crippen molar-refractivity contribution >= 4 is 43.5 Å². The zero-order valence-electron chi connectivity index (χ0n) is 10.3. The average Bonchev–Trinajstić information content (AvgIpc) is 2.37. The number of aromatic carboxylic acids is 1. The molecule has 0 heterocycles. The fourth-order valence-electron chi connectivity index (χ4n) is 1.85. The van der Waals surface area contributed by atoms with Gasteiger partial charge in [-0.15, -0.1) is 0 Å². The standard InChI is InChI=1S/C13H17Br2NO2/c1-2-10-9-11(3-4-12(10)13(17)18)16(7-5-14)8-6-15/h3-4,9H,2,5-8H2,1H3,(H,17,18). The number of rotatable bonds is 7. The monoisotopic (exact) mass is 377 g/mol. The van der Waals surface area contributed by atoms with Gasteiger partial charge in [0.2, 0.25) is 0 Å². The fraction of sp³-hybridized carbons (Fsp3) is 0.462. The van der Waals surface area contributed by atoms with Crippen molar-refractivity contribution in [1.29, 1.82) is 0 Å². The number of aryl methyl sites for hydroxylation is 1. The topological polar surface area (TPSA) is 40.5 Å². The molecule has 0 atom stereocenters. The highest BCUT2D eigenvalue weighted by Crippen LogP contribution is 2.21. The maximum Gasteiger partial charge on any atom is 0.335 e. The molecule has 1 aromatic carbocycles. The summed E-state index contributed by atoms with van der Waals surface area (Å²) in [6.07, 6.45) is 0.728. The molecule has 0 aromatic heterocycles. The van der Waals surface area contributed by atoms with E-state index in [1.54, 1.807) is 6.07 Å². The molecule has 0 radical (unpaired) electrons. The predicted octanol–water partition coefficient (Wildman–Crippen LogP) is 3.54. The van der Waals surface area contributed by atoms with E-state index in [0.29, 0.717) is 5.56 Å². The summed E-state index contributed by atoms with van der Waals surface area (Å²) >= 11 is 6.88. The van der Waals surface area contributed by atoms with Crippen LogP contribution in [0.2, 0.25) is 0 Å². The molecular formula is C13H17Br2NO2. The van der Waals surface area contributed by atoms with E-state index in [-0.39, 0.29) is 0 Å². The van der Waals surface area contributed by atoms with Crippen molar-refractivity contribution in [2.45, 2.75) is 13.3 Å². The summed E-state index contributed by atoms with van der Waals surface area (Å²) in [5.41, 5.74) is 2.36. The van der Waals surface area contributed by atoms with Crippen molar-refractivity contribution in [2.24, 2.45) is 0 Å². The number of anilines is 1. The number of benzene rings is 1. The third-order valence-corrected chi connectivity index (χ3v) is 3.48. The highest BCUT2D eigenvalue weighted by atomic mass is 79.9. The second-order valence-corrected chi connectivity index (χ2v) is 5.45. The summed E-state index contributed by atoms with van der Waals surface area (Å²) in [4.78, 5) is 13.3. The number of hydrogen-bond donors (Lipinski definition) is 1. The average molecular weight is 379 g/mol. The first-order valence-corrected chi connectivity index (χ1v) is 8.11. The van der Waals surface area contributed by atoms with Gasteiger partial charge in [0.1, 0.15) is 0 Å². The third kappa shape index (κ3) is 3.99. The SMILES string of the molecule is CCc1cc(N(CCBr)CCBr)ccc1C(=O)O. The summed E-state index contributed by atoms with van der Waals surface area (Å²) in [5.74, 6) is -0.856. The molecule has 1 rings (SSSR count). The molecule has 0 spiro atoms. The van der Waals surface area contributed by atoms with E-state index in [0.717, 1.165) is 41.4 Å². The van der Waals surface area contributed by atoms with Crippen molar-refractivity contribution in [3.8, 4) is 0 Å². The van der Waals surface area contributed by atoms with Crippen molar-refractivity contribution in [2.75, 3.05) is 28.6 Å². The third-order valence-electron chi connectivity index (χ3n) is 2.77. The molecule has 1 N–H and O–H groups in total. The van der Waals surface area contributed by atoms with Crippen LogP contribution in [-0.4, -0.2) is 34.8 Å². The molecule has 5 heteroatoms. The van der Waals surface area contributed by atoms with Crippen molar-refractivity contribution in [3.05, 3.63) is 29.3 Å². The summed E-state index contributed by atoms with van der Waals surface area (Å²) in [5, 5.41) is 10.9. The number of alkyl halides is 2. The molecule has 1 aromatic rings. The van der Waals surface area contributed by atoms with Gasteiger partial charge in [-0.2, -0.15) is 0 Å². The van der Waals surface area contributed by atoms with Gasteiger partial charge < -0.3 is 10.0 Å². The molecule has 0 amide bonds. The minimum absolute atomic E-state index is 0.402. The van der Waals surface area contributed by atoms with Crippen LogP contribution in [0.3, 0.4) is 0 Å². The van der Waals surface area contributed by atoms with Gasteiger partial charge in [0.05, 0.1) is 5.56 Å². The Labute approximate surface area is 124 Å². The predicted molar refractivity (Wildman–Crippen MR) is 82.6 cm³/mol. The van der Waals surface area contributed by atoms with E-state index in [4.69, 9.17) is 5.11 Å². The Bertz CT molecular complexity index is 404. The normalized spacial score (nSPS) is 10.4. The molecule has 0 aliphatic rings. The Morgan fingerprint density at radius 2 is 1.89 bits per heavy atom. The number of halogens is 2. The minimum atomic E-state index is -0.856. The smallest absolute Gasteiger partial charge is 0.335 e. The van der Waals surface area contributed by atoms with Gasteiger partial charge >= 0.3 is 5.97 Å². The number of carboxylic acid groups (broad SMARTS) is 1.